The minimum absolute atomic E-state index is 0.215. The van der Waals surface area contributed by atoms with Gasteiger partial charge < -0.3 is 4.57 Å². The zero-order valence-electron chi connectivity index (χ0n) is 6.77. The molecule has 1 atom stereocenters. The van der Waals surface area contributed by atoms with Crippen LogP contribution in [-0.4, -0.2) is 27.7 Å². The first kappa shape index (κ1) is 8.66. The van der Waals surface area contributed by atoms with E-state index in [-0.39, 0.29) is 6.04 Å². The van der Waals surface area contributed by atoms with Gasteiger partial charge in [-0.05, 0) is 6.92 Å². The predicted molar refractivity (Wildman–Crippen MR) is 41.9 cm³/mol. The first-order chi connectivity index (χ1) is 5.84. The maximum Gasteiger partial charge on any atom is 0.221 e. The van der Waals surface area contributed by atoms with Gasteiger partial charge in [-0.25, -0.2) is 5.43 Å². The molecular formula is C6H11N5O. The van der Waals surface area contributed by atoms with Crippen molar-refractivity contribution < 1.29 is 4.79 Å². The molecule has 0 aromatic carbocycles. The van der Waals surface area contributed by atoms with Crippen molar-refractivity contribution in [3.05, 3.63) is 12.7 Å². The van der Waals surface area contributed by atoms with Gasteiger partial charge in [-0.15, -0.1) is 10.2 Å². The average molecular weight is 169 g/mol. The molecule has 1 aromatic rings. The third kappa shape index (κ3) is 2.31. The molecule has 0 aliphatic carbocycles. The number of hydrogen-bond acceptors (Lipinski definition) is 4. The number of carbonyl (C=O) groups excluding carboxylic acids is 1. The number of hydrogen-bond donors (Lipinski definition) is 2. The van der Waals surface area contributed by atoms with E-state index in [1.807, 2.05) is 11.5 Å². The van der Waals surface area contributed by atoms with Gasteiger partial charge in [-0.3, -0.25) is 10.2 Å². The fourth-order valence-corrected chi connectivity index (χ4v) is 0.790. The van der Waals surface area contributed by atoms with E-state index in [2.05, 4.69) is 21.0 Å². The van der Waals surface area contributed by atoms with Gasteiger partial charge in [-0.1, -0.05) is 0 Å². The molecule has 0 saturated heterocycles. The van der Waals surface area contributed by atoms with Gasteiger partial charge in [0, 0.05) is 12.6 Å². The normalized spacial score (nSPS) is 12.4. The molecule has 0 saturated carbocycles. The molecule has 0 radical (unpaired) electrons. The summed E-state index contributed by atoms with van der Waals surface area (Å²) >= 11 is 0. The first-order valence-electron chi connectivity index (χ1n) is 3.60. The summed E-state index contributed by atoms with van der Waals surface area (Å²) in [6, 6.07) is 0.215. The summed E-state index contributed by atoms with van der Waals surface area (Å²) < 4.78 is 1.85. The van der Waals surface area contributed by atoms with E-state index in [0.717, 1.165) is 0 Å². The highest BCUT2D eigenvalue weighted by Crippen LogP contribution is 1.99. The van der Waals surface area contributed by atoms with Crippen LogP contribution in [0.5, 0.6) is 0 Å². The summed E-state index contributed by atoms with van der Waals surface area (Å²) in [6.45, 7) is 2.62. The van der Waals surface area contributed by atoms with E-state index < -0.39 is 0 Å². The van der Waals surface area contributed by atoms with Crippen molar-refractivity contribution in [3.8, 4) is 0 Å². The second kappa shape index (κ2) is 4.45. The number of carbonyl (C=O) groups is 1. The highest BCUT2D eigenvalue weighted by Gasteiger charge is 2.01. The molecule has 1 heterocycles. The number of hydrazine groups is 1. The van der Waals surface area contributed by atoms with Crippen LogP contribution in [0.1, 0.15) is 13.0 Å². The number of aromatic nitrogens is 3. The lowest BCUT2D eigenvalue weighted by Crippen LogP contribution is -2.34. The van der Waals surface area contributed by atoms with Crippen LogP contribution in [0.3, 0.4) is 0 Å². The largest absolute Gasteiger partial charge is 0.316 e. The molecule has 1 unspecified atom stereocenters. The van der Waals surface area contributed by atoms with Crippen LogP contribution in [0.2, 0.25) is 0 Å². The van der Waals surface area contributed by atoms with E-state index in [1.54, 1.807) is 12.7 Å². The van der Waals surface area contributed by atoms with E-state index >= 15 is 0 Å². The molecule has 0 spiro atoms. The summed E-state index contributed by atoms with van der Waals surface area (Å²) in [5.74, 6) is 0. The van der Waals surface area contributed by atoms with E-state index in [4.69, 9.17) is 0 Å². The summed E-state index contributed by atoms with van der Waals surface area (Å²) in [6.07, 6.45) is 3.86. The van der Waals surface area contributed by atoms with E-state index in [0.29, 0.717) is 13.0 Å². The molecule has 66 valence electrons. The Kier molecular flexibility index (Phi) is 3.21. The number of rotatable bonds is 5. The fourth-order valence-electron chi connectivity index (χ4n) is 0.790. The van der Waals surface area contributed by atoms with E-state index in [9.17, 15) is 4.79 Å². The fraction of sp³-hybridized carbons (Fsp3) is 0.500. The predicted octanol–water partition coefficient (Wildman–Crippen LogP) is -0.910. The number of nitrogens with zero attached hydrogens (tertiary/aromatic N) is 3. The quantitative estimate of drug-likeness (QED) is 0.340. The molecular weight excluding hydrogens is 158 g/mol. The summed E-state index contributed by atoms with van der Waals surface area (Å²) in [5, 5.41) is 7.33. The number of nitrogens with one attached hydrogen (secondary N) is 2. The lowest BCUT2D eigenvalue weighted by atomic mass is 10.3. The number of amides is 1. The first-order valence-corrected chi connectivity index (χ1v) is 3.60. The van der Waals surface area contributed by atoms with Crippen LogP contribution in [0.15, 0.2) is 12.7 Å². The summed E-state index contributed by atoms with van der Waals surface area (Å²) in [4.78, 5) is 9.87. The van der Waals surface area contributed by atoms with Crippen LogP contribution in [0.4, 0.5) is 0 Å². The molecule has 0 bridgehead atoms. The van der Waals surface area contributed by atoms with Gasteiger partial charge in [0.15, 0.2) is 0 Å². The molecule has 1 rings (SSSR count). The van der Waals surface area contributed by atoms with Gasteiger partial charge >= 0.3 is 0 Å². The topological polar surface area (TPSA) is 71.8 Å². The Morgan fingerprint density at radius 1 is 1.58 bits per heavy atom. The minimum atomic E-state index is 0.215. The molecule has 6 nitrogen and oxygen atoms in total. The minimum Gasteiger partial charge on any atom is -0.316 e. The van der Waals surface area contributed by atoms with Gasteiger partial charge in [-0.2, -0.15) is 0 Å². The molecule has 1 aromatic heterocycles. The van der Waals surface area contributed by atoms with Crippen LogP contribution in [-0.2, 0) is 4.79 Å². The van der Waals surface area contributed by atoms with Crippen molar-refractivity contribution in [2.45, 2.75) is 13.0 Å². The monoisotopic (exact) mass is 169 g/mol. The Bertz CT molecular complexity index is 222. The van der Waals surface area contributed by atoms with E-state index in [1.165, 1.54) is 0 Å². The zero-order chi connectivity index (χ0) is 8.81. The van der Waals surface area contributed by atoms with Crippen molar-refractivity contribution in [2.24, 2.45) is 0 Å². The van der Waals surface area contributed by atoms with Crippen LogP contribution in [0.25, 0.3) is 0 Å². The van der Waals surface area contributed by atoms with Crippen molar-refractivity contribution in [3.63, 3.8) is 0 Å². The van der Waals surface area contributed by atoms with Gasteiger partial charge in [0.25, 0.3) is 0 Å². The Morgan fingerprint density at radius 2 is 2.25 bits per heavy atom. The average Bonchev–Trinajstić information content (AvgIpc) is 2.56. The third-order valence-electron chi connectivity index (χ3n) is 1.50. The second-order valence-electron chi connectivity index (χ2n) is 2.40. The third-order valence-corrected chi connectivity index (χ3v) is 1.50. The van der Waals surface area contributed by atoms with Crippen molar-refractivity contribution in [1.82, 2.24) is 25.6 Å². The van der Waals surface area contributed by atoms with Gasteiger partial charge in [0.1, 0.15) is 12.7 Å². The Labute approximate surface area is 69.9 Å². The maximum atomic E-state index is 9.87. The zero-order valence-corrected chi connectivity index (χ0v) is 6.77. The smallest absolute Gasteiger partial charge is 0.221 e. The van der Waals surface area contributed by atoms with Gasteiger partial charge in [0.2, 0.25) is 6.41 Å². The molecule has 0 fully saturated rings. The Hall–Kier alpha value is -1.43. The lowest BCUT2D eigenvalue weighted by Gasteiger charge is -2.11. The Morgan fingerprint density at radius 3 is 2.83 bits per heavy atom. The summed E-state index contributed by atoms with van der Waals surface area (Å²) in [7, 11) is 0. The maximum absolute atomic E-state index is 9.87. The molecule has 0 aliphatic heterocycles. The molecule has 1 amide bonds. The molecule has 0 aliphatic rings. The van der Waals surface area contributed by atoms with Crippen LogP contribution >= 0.6 is 0 Å². The van der Waals surface area contributed by atoms with Crippen molar-refractivity contribution >= 4 is 6.41 Å². The Balaban J connectivity index is 2.29. The molecule has 12 heavy (non-hydrogen) atoms. The second-order valence-corrected chi connectivity index (χ2v) is 2.40. The standard InChI is InChI=1S/C6H11N5O/c1-6(2-7-10-5-12)11-3-8-9-4-11/h3-7H,2H2,1H3,(H,10,12). The lowest BCUT2D eigenvalue weighted by molar-refractivity contribution is -0.110. The van der Waals surface area contributed by atoms with Gasteiger partial charge in [0.05, 0.1) is 0 Å². The summed E-state index contributed by atoms with van der Waals surface area (Å²) in [5.41, 5.74) is 5.09. The van der Waals surface area contributed by atoms with Crippen LogP contribution in [0, 0.1) is 0 Å². The van der Waals surface area contributed by atoms with Crippen LogP contribution < -0.4 is 10.9 Å². The van der Waals surface area contributed by atoms with Crippen molar-refractivity contribution in [1.29, 1.82) is 0 Å². The van der Waals surface area contributed by atoms with Crippen molar-refractivity contribution in [2.75, 3.05) is 6.54 Å². The molecule has 6 heteroatoms. The SMILES string of the molecule is CC(CNNC=O)n1cnnc1. The highest BCUT2D eigenvalue weighted by molar-refractivity contribution is 5.44. The highest BCUT2D eigenvalue weighted by atomic mass is 16.1. The molecule has 2 N–H and O–H groups in total.